The second kappa shape index (κ2) is 4.10. The van der Waals surface area contributed by atoms with Crippen LogP contribution in [0.15, 0.2) is 30.3 Å². The van der Waals surface area contributed by atoms with E-state index < -0.39 is 17.3 Å². The molecule has 0 aliphatic carbocycles. The quantitative estimate of drug-likeness (QED) is 0.803. The molecule has 1 aromatic rings. The van der Waals surface area contributed by atoms with Crippen molar-refractivity contribution in [3.8, 4) is 0 Å². The van der Waals surface area contributed by atoms with Gasteiger partial charge in [0.05, 0.1) is 0 Å². The molecule has 1 amide bonds. The van der Waals surface area contributed by atoms with Gasteiger partial charge in [-0.05, 0) is 18.9 Å². The number of nitrogens with zero attached hydrogens (tertiary/aromatic N) is 1. The van der Waals surface area contributed by atoms with E-state index in [-0.39, 0.29) is 0 Å². The fraction of sp³-hybridized carbons (Fsp3) is 0.417. The van der Waals surface area contributed by atoms with Crippen molar-refractivity contribution in [2.24, 2.45) is 5.73 Å². The smallest absolute Gasteiger partial charge is 0.261 e. The van der Waals surface area contributed by atoms with Crippen molar-refractivity contribution in [1.29, 1.82) is 0 Å². The molecule has 0 bridgehead atoms. The third-order valence-corrected chi connectivity index (χ3v) is 3.03. The molecule has 5 heteroatoms. The Bertz CT molecular complexity index is 423. The maximum atomic E-state index is 11.7. The number of hydroxylamine groups is 1. The molecule has 0 spiro atoms. The van der Waals surface area contributed by atoms with Gasteiger partial charge in [0.1, 0.15) is 0 Å². The standard InChI is InChI=1S/C12H16N3O2/c1-3-11(2)14-12(10(13)16,15-17-11)9-7-5-4-6-8-9/h4-8,15H,3H2,1-2H3,(H2,13,16). The normalized spacial score (nSPS) is 32.6. The fourth-order valence-corrected chi connectivity index (χ4v) is 1.79. The van der Waals surface area contributed by atoms with Gasteiger partial charge >= 0.3 is 0 Å². The summed E-state index contributed by atoms with van der Waals surface area (Å²) < 4.78 is 0. The van der Waals surface area contributed by atoms with Gasteiger partial charge in [-0.3, -0.25) is 9.63 Å². The van der Waals surface area contributed by atoms with Crippen LogP contribution in [-0.2, 0) is 15.3 Å². The van der Waals surface area contributed by atoms with Gasteiger partial charge in [0.25, 0.3) is 5.91 Å². The molecule has 91 valence electrons. The Balaban J connectivity index is 2.41. The highest BCUT2D eigenvalue weighted by Crippen LogP contribution is 2.31. The number of carbonyl (C=O) groups excluding carboxylic acids is 1. The van der Waals surface area contributed by atoms with Gasteiger partial charge in [0, 0.05) is 0 Å². The lowest BCUT2D eigenvalue weighted by atomic mass is 9.98. The summed E-state index contributed by atoms with van der Waals surface area (Å²) in [5.74, 6) is -0.569. The molecular formula is C12H16N3O2. The number of amides is 1. The number of rotatable bonds is 3. The molecule has 2 unspecified atom stereocenters. The zero-order valence-electron chi connectivity index (χ0n) is 9.93. The molecule has 17 heavy (non-hydrogen) atoms. The molecule has 3 N–H and O–H groups in total. The summed E-state index contributed by atoms with van der Waals surface area (Å²) in [6, 6.07) is 9.13. The number of nitrogens with two attached hydrogens (primary N) is 1. The lowest BCUT2D eigenvalue weighted by molar-refractivity contribution is -0.128. The Hall–Kier alpha value is -1.43. The van der Waals surface area contributed by atoms with Gasteiger partial charge < -0.3 is 5.73 Å². The number of carbonyl (C=O) groups is 1. The fourth-order valence-electron chi connectivity index (χ4n) is 1.79. The summed E-state index contributed by atoms with van der Waals surface area (Å²) in [5.41, 5.74) is 6.82. The summed E-state index contributed by atoms with van der Waals surface area (Å²) in [7, 11) is 0. The van der Waals surface area contributed by atoms with Crippen molar-refractivity contribution in [2.75, 3.05) is 0 Å². The molecule has 0 saturated carbocycles. The van der Waals surface area contributed by atoms with E-state index in [1.807, 2.05) is 32.0 Å². The Morgan fingerprint density at radius 1 is 1.47 bits per heavy atom. The van der Waals surface area contributed by atoms with Crippen LogP contribution < -0.4 is 16.5 Å². The van der Waals surface area contributed by atoms with Crippen LogP contribution in [0.4, 0.5) is 0 Å². The summed E-state index contributed by atoms with van der Waals surface area (Å²) in [6.45, 7) is 3.75. The van der Waals surface area contributed by atoms with Crippen LogP contribution in [0, 0.1) is 0 Å². The molecule has 1 aromatic carbocycles. The number of primary amides is 1. The van der Waals surface area contributed by atoms with E-state index in [1.54, 1.807) is 12.1 Å². The first-order valence-electron chi connectivity index (χ1n) is 5.57. The third-order valence-electron chi connectivity index (χ3n) is 3.03. The van der Waals surface area contributed by atoms with Gasteiger partial charge in [-0.1, -0.05) is 37.3 Å². The summed E-state index contributed by atoms with van der Waals surface area (Å²) in [4.78, 5) is 17.1. The Morgan fingerprint density at radius 2 is 2.12 bits per heavy atom. The second-order valence-corrected chi connectivity index (χ2v) is 4.29. The zero-order chi connectivity index (χ0) is 12.5. The minimum atomic E-state index is -1.29. The average Bonchev–Trinajstić information content (AvgIpc) is 2.71. The van der Waals surface area contributed by atoms with Gasteiger partial charge in [-0.2, -0.15) is 10.8 Å². The zero-order valence-corrected chi connectivity index (χ0v) is 9.93. The predicted octanol–water partition coefficient (Wildman–Crippen LogP) is 0.590. The Labute approximate surface area is 100 Å². The number of nitrogens with one attached hydrogen (secondary N) is 1. The molecule has 1 radical (unpaired) electrons. The first-order valence-corrected chi connectivity index (χ1v) is 5.57. The number of hydrogen-bond acceptors (Lipinski definition) is 3. The van der Waals surface area contributed by atoms with E-state index >= 15 is 0 Å². The van der Waals surface area contributed by atoms with E-state index in [2.05, 4.69) is 10.8 Å². The second-order valence-electron chi connectivity index (χ2n) is 4.29. The van der Waals surface area contributed by atoms with Crippen molar-refractivity contribution in [3.05, 3.63) is 35.9 Å². The molecule has 0 aromatic heterocycles. The summed E-state index contributed by atoms with van der Waals surface area (Å²) in [5, 5.41) is 4.43. The molecule has 1 aliphatic heterocycles. The van der Waals surface area contributed by atoms with Gasteiger partial charge in [-0.25, -0.2) is 0 Å². The van der Waals surface area contributed by atoms with Crippen molar-refractivity contribution >= 4 is 5.91 Å². The van der Waals surface area contributed by atoms with E-state index in [1.165, 1.54) is 0 Å². The van der Waals surface area contributed by atoms with Crippen LogP contribution in [0.5, 0.6) is 0 Å². The van der Waals surface area contributed by atoms with Crippen molar-refractivity contribution in [3.63, 3.8) is 0 Å². The SMILES string of the molecule is CCC1(C)[N]C(C(N)=O)(c2ccccc2)NO1. The minimum Gasteiger partial charge on any atom is -0.366 e. The van der Waals surface area contributed by atoms with Crippen LogP contribution in [0.25, 0.3) is 0 Å². The maximum Gasteiger partial charge on any atom is 0.261 e. The summed E-state index contributed by atoms with van der Waals surface area (Å²) in [6.07, 6.45) is 0.655. The van der Waals surface area contributed by atoms with Crippen LogP contribution in [-0.4, -0.2) is 11.6 Å². The van der Waals surface area contributed by atoms with Gasteiger partial charge in [0.2, 0.25) is 5.66 Å². The highest BCUT2D eigenvalue weighted by Gasteiger charge is 2.52. The molecule has 1 fully saturated rings. The third kappa shape index (κ3) is 1.93. The average molecular weight is 234 g/mol. The first-order chi connectivity index (χ1) is 8.02. The Morgan fingerprint density at radius 3 is 2.59 bits per heavy atom. The minimum absolute atomic E-state index is 0.569. The van der Waals surface area contributed by atoms with Crippen molar-refractivity contribution < 1.29 is 9.63 Å². The highest BCUT2D eigenvalue weighted by molar-refractivity contribution is 5.85. The molecule has 1 heterocycles. The van der Waals surface area contributed by atoms with Gasteiger partial charge in [-0.15, -0.1) is 0 Å². The topological polar surface area (TPSA) is 78.5 Å². The highest BCUT2D eigenvalue weighted by atomic mass is 16.7. The molecule has 2 rings (SSSR count). The van der Waals surface area contributed by atoms with E-state index in [9.17, 15) is 4.79 Å². The van der Waals surface area contributed by atoms with E-state index in [0.29, 0.717) is 12.0 Å². The molecule has 1 aliphatic rings. The molecule has 1 saturated heterocycles. The first kappa shape index (κ1) is 12.0. The number of benzene rings is 1. The molecule has 2 atom stereocenters. The van der Waals surface area contributed by atoms with E-state index in [4.69, 9.17) is 10.6 Å². The summed E-state index contributed by atoms with van der Waals surface area (Å²) >= 11 is 0. The lowest BCUT2D eigenvalue weighted by Gasteiger charge is -2.25. The molecule has 5 nitrogen and oxygen atoms in total. The van der Waals surface area contributed by atoms with Gasteiger partial charge in [0.15, 0.2) is 5.72 Å². The Kier molecular flexibility index (Phi) is 2.91. The molecular weight excluding hydrogens is 218 g/mol. The number of hydrogen-bond donors (Lipinski definition) is 2. The van der Waals surface area contributed by atoms with Crippen molar-refractivity contribution in [2.45, 2.75) is 31.7 Å². The van der Waals surface area contributed by atoms with Crippen LogP contribution in [0.3, 0.4) is 0 Å². The monoisotopic (exact) mass is 234 g/mol. The van der Waals surface area contributed by atoms with Crippen LogP contribution >= 0.6 is 0 Å². The predicted molar refractivity (Wildman–Crippen MR) is 62.4 cm³/mol. The maximum absolute atomic E-state index is 11.7. The lowest BCUT2D eigenvalue weighted by Crippen LogP contribution is -2.54. The van der Waals surface area contributed by atoms with E-state index in [0.717, 1.165) is 0 Å². The van der Waals surface area contributed by atoms with Crippen molar-refractivity contribution in [1.82, 2.24) is 10.8 Å². The van der Waals surface area contributed by atoms with Crippen LogP contribution in [0.2, 0.25) is 0 Å². The largest absolute Gasteiger partial charge is 0.366 e. The van der Waals surface area contributed by atoms with Crippen LogP contribution in [0.1, 0.15) is 25.8 Å².